The topological polar surface area (TPSA) is 35.5 Å². The van der Waals surface area contributed by atoms with Gasteiger partial charge < -0.3 is 9.47 Å². The number of rotatable bonds is 4. The van der Waals surface area contributed by atoms with Gasteiger partial charge in [-0.15, -0.1) is 0 Å². The van der Waals surface area contributed by atoms with Gasteiger partial charge in [-0.2, -0.15) is 0 Å². The Morgan fingerprint density at radius 3 is 2.65 bits per heavy atom. The van der Waals surface area contributed by atoms with Crippen molar-refractivity contribution in [2.45, 2.75) is 62.5 Å². The van der Waals surface area contributed by atoms with Gasteiger partial charge in [0.2, 0.25) is 0 Å². The molecule has 2 fully saturated rings. The van der Waals surface area contributed by atoms with Crippen molar-refractivity contribution in [1.82, 2.24) is 0 Å². The summed E-state index contributed by atoms with van der Waals surface area (Å²) in [4.78, 5) is 12.0. The second-order valence-electron chi connectivity index (χ2n) is 5.02. The largest absolute Gasteiger partial charge is 0.466 e. The van der Waals surface area contributed by atoms with E-state index in [1.807, 2.05) is 6.92 Å². The molecule has 2 rings (SSSR count). The summed E-state index contributed by atoms with van der Waals surface area (Å²) >= 11 is 3.64. The lowest BCUT2D eigenvalue weighted by molar-refractivity contribution is -0.148. The van der Waals surface area contributed by atoms with Crippen LogP contribution in [-0.4, -0.2) is 29.6 Å². The second-order valence-corrected chi connectivity index (χ2v) is 6.19. The van der Waals surface area contributed by atoms with Crippen molar-refractivity contribution in [1.29, 1.82) is 0 Å². The Kier molecular flexibility index (Phi) is 4.86. The summed E-state index contributed by atoms with van der Waals surface area (Å²) in [6, 6.07) is 0. The van der Waals surface area contributed by atoms with Crippen LogP contribution in [0.25, 0.3) is 0 Å². The molecule has 0 aromatic rings. The smallest absolute Gasteiger partial charge is 0.309 e. The Morgan fingerprint density at radius 1 is 1.29 bits per heavy atom. The monoisotopic (exact) mass is 304 g/mol. The first-order valence-corrected chi connectivity index (χ1v) is 7.58. The first-order chi connectivity index (χ1) is 8.20. The molecule has 0 aromatic heterocycles. The minimum Gasteiger partial charge on any atom is -0.466 e. The molecule has 4 heteroatoms. The van der Waals surface area contributed by atoms with Crippen molar-refractivity contribution >= 4 is 21.9 Å². The molecule has 2 saturated carbocycles. The number of carbonyl (C=O) groups is 1. The van der Waals surface area contributed by atoms with E-state index in [2.05, 4.69) is 15.9 Å². The molecule has 3 nitrogen and oxygen atoms in total. The van der Waals surface area contributed by atoms with Crippen molar-refractivity contribution in [3.8, 4) is 0 Å². The first kappa shape index (κ1) is 13.3. The van der Waals surface area contributed by atoms with Gasteiger partial charge in [0.15, 0.2) is 0 Å². The third kappa shape index (κ3) is 3.44. The highest BCUT2D eigenvalue weighted by molar-refractivity contribution is 9.09. The van der Waals surface area contributed by atoms with E-state index >= 15 is 0 Å². The van der Waals surface area contributed by atoms with Crippen LogP contribution in [-0.2, 0) is 14.3 Å². The molecule has 0 bridgehead atoms. The number of alkyl halides is 1. The lowest BCUT2D eigenvalue weighted by Crippen LogP contribution is -2.24. The van der Waals surface area contributed by atoms with Crippen LogP contribution in [0.3, 0.4) is 0 Å². The van der Waals surface area contributed by atoms with E-state index in [4.69, 9.17) is 9.47 Å². The van der Waals surface area contributed by atoms with Crippen LogP contribution >= 0.6 is 15.9 Å². The fourth-order valence-electron chi connectivity index (χ4n) is 2.81. The van der Waals surface area contributed by atoms with Crippen LogP contribution in [0.2, 0.25) is 0 Å². The van der Waals surface area contributed by atoms with E-state index in [0.717, 1.165) is 12.8 Å². The zero-order valence-corrected chi connectivity index (χ0v) is 11.9. The van der Waals surface area contributed by atoms with E-state index in [1.54, 1.807) is 0 Å². The zero-order valence-electron chi connectivity index (χ0n) is 10.4. The Bertz CT molecular complexity index is 263. The van der Waals surface area contributed by atoms with Crippen LogP contribution in [0, 0.1) is 5.92 Å². The fourth-order valence-corrected chi connectivity index (χ4v) is 3.60. The maximum atomic E-state index is 11.7. The number of hydrogen-bond acceptors (Lipinski definition) is 3. The van der Waals surface area contributed by atoms with Gasteiger partial charge in [-0.3, -0.25) is 4.79 Å². The maximum absolute atomic E-state index is 11.7. The standard InChI is InChI=1S/C13H21BrO3/c1-2-16-13(15)9-7-11(14)12(8-9)17-10-5-3-4-6-10/h9-12H,2-8H2,1H3. The maximum Gasteiger partial charge on any atom is 0.309 e. The summed E-state index contributed by atoms with van der Waals surface area (Å²) in [7, 11) is 0. The van der Waals surface area contributed by atoms with Gasteiger partial charge in [-0.05, 0) is 32.6 Å². The van der Waals surface area contributed by atoms with Crippen LogP contribution in [0.5, 0.6) is 0 Å². The number of ether oxygens (including phenoxy) is 2. The summed E-state index contributed by atoms with van der Waals surface area (Å²) in [6.07, 6.45) is 7.19. The SMILES string of the molecule is CCOC(=O)C1CC(Br)C(OC2CCCC2)C1. The van der Waals surface area contributed by atoms with Crippen molar-refractivity contribution in [2.75, 3.05) is 6.61 Å². The van der Waals surface area contributed by atoms with E-state index in [0.29, 0.717) is 17.5 Å². The van der Waals surface area contributed by atoms with Gasteiger partial charge in [-0.25, -0.2) is 0 Å². The summed E-state index contributed by atoms with van der Waals surface area (Å²) < 4.78 is 11.2. The van der Waals surface area contributed by atoms with Gasteiger partial charge in [-0.1, -0.05) is 28.8 Å². The lowest BCUT2D eigenvalue weighted by Gasteiger charge is -2.20. The molecular formula is C13H21BrO3. The van der Waals surface area contributed by atoms with Crippen LogP contribution in [0.15, 0.2) is 0 Å². The number of halogens is 1. The average molecular weight is 305 g/mol. The Labute approximate surface area is 111 Å². The highest BCUT2D eigenvalue weighted by Gasteiger charge is 2.39. The highest BCUT2D eigenvalue weighted by Crippen LogP contribution is 2.36. The molecule has 0 aliphatic heterocycles. The first-order valence-electron chi connectivity index (χ1n) is 6.67. The molecule has 0 N–H and O–H groups in total. The molecule has 0 heterocycles. The molecular weight excluding hydrogens is 284 g/mol. The normalized spacial score (nSPS) is 34.1. The van der Waals surface area contributed by atoms with Gasteiger partial charge in [0.25, 0.3) is 0 Å². The van der Waals surface area contributed by atoms with E-state index in [1.165, 1.54) is 25.7 Å². The average Bonchev–Trinajstić information content (AvgIpc) is 2.91. The minimum atomic E-state index is -0.0607. The van der Waals surface area contributed by atoms with Crippen LogP contribution < -0.4 is 0 Å². The van der Waals surface area contributed by atoms with Crippen molar-refractivity contribution in [2.24, 2.45) is 5.92 Å². The quantitative estimate of drug-likeness (QED) is 0.591. The second kappa shape index (κ2) is 6.19. The Balaban J connectivity index is 1.81. The fraction of sp³-hybridized carbons (Fsp3) is 0.923. The van der Waals surface area contributed by atoms with Gasteiger partial charge >= 0.3 is 5.97 Å². The minimum absolute atomic E-state index is 0.0192. The van der Waals surface area contributed by atoms with E-state index in [9.17, 15) is 4.79 Å². The number of hydrogen-bond donors (Lipinski definition) is 0. The molecule has 0 aromatic carbocycles. The van der Waals surface area contributed by atoms with Crippen molar-refractivity contribution in [3.63, 3.8) is 0 Å². The molecule has 2 aliphatic carbocycles. The summed E-state index contributed by atoms with van der Waals surface area (Å²) in [6.45, 7) is 2.32. The predicted octanol–water partition coefficient (Wildman–Crippen LogP) is 3.05. The highest BCUT2D eigenvalue weighted by atomic mass is 79.9. The third-order valence-electron chi connectivity index (χ3n) is 3.72. The molecule has 3 atom stereocenters. The molecule has 0 spiro atoms. The number of carbonyl (C=O) groups excluding carboxylic acids is 1. The summed E-state index contributed by atoms with van der Waals surface area (Å²) in [5.41, 5.74) is 0. The molecule has 17 heavy (non-hydrogen) atoms. The van der Waals surface area contributed by atoms with E-state index in [-0.39, 0.29) is 18.0 Å². The van der Waals surface area contributed by atoms with E-state index < -0.39 is 0 Å². The van der Waals surface area contributed by atoms with Crippen LogP contribution in [0.4, 0.5) is 0 Å². The molecule has 0 amide bonds. The Morgan fingerprint density at radius 2 is 2.00 bits per heavy atom. The Hall–Kier alpha value is -0.0900. The van der Waals surface area contributed by atoms with Crippen LogP contribution in [0.1, 0.15) is 45.4 Å². The van der Waals surface area contributed by atoms with Gasteiger partial charge in [0.1, 0.15) is 0 Å². The number of esters is 1. The lowest BCUT2D eigenvalue weighted by atomic mass is 10.1. The zero-order chi connectivity index (χ0) is 12.3. The molecule has 0 saturated heterocycles. The third-order valence-corrected chi connectivity index (χ3v) is 4.68. The molecule has 98 valence electrons. The molecule has 2 aliphatic rings. The summed E-state index contributed by atoms with van der Waals surface area (Å²) in [5, 5.41) is 0. The predicted molar refractivity (Wildman–Crippen MR) is 69.2 cm³/mol. The van der Waals surface area contributed by atoms with Gasteiger partial charge in [0.05, 0.1) is 24.7 Å². The van der Waals surface area contributed by atoms with Crippen molar-refractivity contribution < 1.29 is 14.3 Å². The molecule has 0 radical (unpaired) electrons. The van der Waals surface area contributed by atoms with Crippen molar-refractivity contribution in [3.05, 3.63) is 0 Å². The van der Waals surface area contributed by atoms with Gasteiger partial charge in [0, 0.05) is 4.83 Å². The summed E-state index contributed by atoms with van der Waals surface area (Å²) in [5.74, 6) is -0.0415. The molecule has 3 unspecified atom stereocenters.